The second kappa shape index (κ2) is 5.62. The van der Waals surface area contributed by atoms with E-state index in [0.717, 1.165) is 35.5 Å². The molecule has 1 aromatic heterocycles. The number of nitrogens with one attached hydrogen (secondary N) is 1. The summed E-state index contributed by atoms with van der Waals surface area (Å²) < 4.78 is 13.6. The van der Waals surface area contributed by atoms with Crippen LogP contribution < -0.4 is 5.32 Å². The van der Waals surface area contributed by atoms with Gasteiger partial charge < -0.3 is 5.32 Å². The van der Waals surface area contributed by atoms with E-state index < -0.39 is 0 Å². The molecule has 1 aliphatic rings. The minimum atomic E-state index is -0.184. The fraction of sp³-hybridized carbons (Fsp3) is 0.438. The minimum absolute atomic E-state index is 0.184. The van der Waals surface area contributed by atoms with Gasteiger partial charge in [-0.25, -0.2) is 9.37 Å². The number of fused-ring (bicyclic) bond motifs is 1. The van der Waals surface area contributed by atoms with Gasteiger partial charge in [0.1, 0.15) is 10.8 Å². The number of halogens is 1. The number of hydrogen-bond donors (Lipinski definition) is 1. The molecule has 0 saturated heterocycles. The number of hydrogen-bond acceptors (Lipinski definition) is 3. The molecule has 3 rings (SSSR count). The van der Waals surface area contributed by atoms with Crippen LogP contribution in [0.25, 0.3) is 10.6 Å². The molecular formula is C16H19FN2S. The summed E-state index contributed by atoms with van der Waals surface area (Å²) in [5.74, 6) is -0.184. The van der Waals surface area contributed by atoms with Gasteiger partial charge in [0.05, 0.1) is 11.7 Å². The van der Waals surface area contributed by atoms with Gasteiger partial charge in [-0.15, -0.1) is 11.3 Å². The number of nitrogens with zero attached hydrogens (tertiary/aromatic N) is 1. The summed E-state index contributed by atoms with van der Waals surface area (Å²) in [5.41, 5.74) is 3.02. The van der Waals surface area contributed by atoms with Crippen LogP contribution in [0.4, 0.5) is 4.39 Å². The van der Waals surface area contributed by atoms with Crippen LogP contribution in [0, 0.1) is 12.7 Å². The zero-order chi connectivity index (χ0) is 14.1. The van der Waals surface area contributed by atoms with Crippen molar-refractivity contribution in [2.45, 2.75) is 39.2 Å². The second-order valence-electron chi connectivity index (χ2n) is 5.35. The summed E-state index contributed by atoms with van der Waals surface area (Å²) >= 11 is 1.72. The van der Waals surface area contributed by atoms with E-state index in [1.165, 1.54) is 17.0 Å². The molecule has 0 saturated carbocycles. The van der Waals surface area contributed by atoms with E-state index in [2.05, 4.69) is 12.2 Å². The van der Waals surface area contributed by atoms with Gasteiger partial charge in [-0.1, -0.05) is 6.92 Å². The van der Waals surface area contributed by atoms with Gasteiger partial charge in [-0.05, 0) is 56.5 Å². The maximum atomic E-state index is 13.6. The van der Waals surface area contributed by atoms with Crippen molar-refractivity contribution < 1.29 is 4.39 Å². The molecule has 0 fully saturated rings. The van der Waals surface area contributed by atoms with Crippen LogP contribution >= 0.6 is 11.3 Å². The van der Waals surface area contributed by atoms with Crippen molar-refractivity contribution in [1.82, 2.24) is 10.3 Å². The van der Waals surface area contributed by atoms with Crippen LogP contribution in [-0.4, -0.2) is 11.5 Å². The van der Waals surface area contributed by atoms with Crippen molar-refractivity contribution >= 4 is 11.3 Å². The van der Waals surface area contributed by atoms with Gasteiger partial charge in [0.15, 0.2) is 0 Å². The van der Waals surface area contributed by atoms with Crippen molar-refractivity contribution in [3.63, 3.8) is 0 Å². The molecule has 1 unspecified atom stereocenters. The first-order valence-corrected chi connectivity index (χ1v) is 7.99. The molecular weight excluding hydrogens is 271 g/mol. The Bertz CT molecular complexity index is 601. The molecule has 0 spiro atoms. The third kappa shape index (κ3) is 2.63. The summed E-state index contributed by atoms with van der Waals surface area (Å²) in [5, 5.41) is 4.44. The summed E-state index contributed by atoms with van der Waals surface area (Å²) in [7, 11) is 0. The fourth-order valence-electron chi connectivity index (χ4n) is 2.85. The maximum Gasteiger partial charge on any atom is 0.124 e. The number of thiazole rings is 1. The highest BCUT2D eigenvalue weighted by Crippen LogP contribution is 2.37. The summed E-state index contributed by atoms with van der Waals surface area (Å²) in [4.78, 5) is 6.15. The first-order chi connectivity index (χ1) is 9.67. The third-order valence-corrected chi connectivity index (χ3v) is 4.87. The van der Waals surface area contributed by atoms with Crippen molar-refractivity contribution in [3.8, 4) is 10.6 Å². The summed E-state index contributed by atoms with van der Waals surface area (Å²) in [6, 6.07) is 5.51. The highest BCUT2D eigenvalue weighted by Gasteiger charge is 2.24. The van der Waals surface area contributed by atoms with E-state index in [1.807, 2.05) is 13.0 Å². The fourth-order valence-corrected chi connectivity index (χ4v) is 4.00. The van der Waals surface area contributed by atoms with Crippen LogP contribution in [0.5, 0.6) is 0 Å². The molecule has 2 aromatic rings. The Kier molecular flexibility index (Phi) is 3.85. The number of rotatable bonds is 3. The average molecular weight is 290 g/mol. The highest BCUT2D eigenvalue weighted by atomic mass is 32.1. The molecule has 1 N–H and O–H groups in total. The van der Waals surface area contributed by atoms with Crippen LogP contribution in [0.15, 0.2) is 18.2 Å². The predicted octanol–water partition coefficient (Wildman–Crippen LogP) is 4.24. The molecule has 0 radical (unpaired) electrons. The highest BCUT2D eigenvalue weighted by molar-refractivity contribution is 7.15. The van der Waals surface area contributed by atoms with Crippen LogP contribution in [0.1, 0.15) is 41.9 Å². The van der Waals surface area contributed by atoms with Gasteiger partial charge in [0, 0.05) is 10.4 Å². The topological polar surface area (TPSA) is 24.9 Å². The van der Waals surface area contributed by atoms with Gasteiger partial charge in [0.2, 0.25) is 0 Å². The van der Waals surface area contributed by atoms with Gasteiger partial charge >= 0.3 is 0 Å². The SMILES string of the molecule is CCNC1CCCc2sc(-c3cc(C)cc(F)c3)nc21. The minimum Gasteiger partial charge on any atom is -0.309 e. The van der Waals surface area contributed by atoms with E-state index in [-0.39, 0.29) is 5.82 Å². The average Bonchev–Trinajstić information content (AvgIpc) is 2.83. The van der Waals surface area contributed by atoms with Gasteiger partial charge in [-0.3, -0.25) is 0 Å². The molecule has 2 nitrogen and oxygen atoms in total. The lowest BCUT2D eigenvalue weighted by Gasteiger charge is -2.21. The monoisotopic (exact) mass is 290 g/mol. The van der Waals surface area contributed by atoms with Crippen LogP contribution in [0.2, 0.25) is 0 Å². The van der Waals surface area contributed by atoms with E-state index in [9.17, 15) is 4.39 Å². The van der Waals surface area contributed by atoms with Crippen molar-refractivity contribution in [2.24, 2.45) is 0 Å². The normalized spacial score (nSPS) is 18.1. The van der Waals surface area contributed by atoms with Crippen molar-refractivity contribution in [2.75, 3.05) is 6.54 Å². The van der Waals surface area contributed by atoms with Crippen LogP contribution in [0.3, 0.4) is 0 Å². The largest absolute Gasteiger partial charge is 0.309 e. The molecule has 1 aliphatic carbocycles. The lowest BCUT2D eigenvalue weighted by molar-refractivity contribution is 0.465. The molecule has 1 aromatic carbocycles. The van der Waals surface area contributed by atoms with Crippen LogP contribution in [-0.2, 0) is 6.42 Å². The smallest absolute Gasteiger partial charge is 0.124 e. The Hall–Kier alpha value is -1.26. The summed E-state index contributed by atoms with van der Waals surface area (Å²) in [6.45, 7) is 5.00. The lowest BCUT2D eigenvalue weighted by atomic mass is 9.97. The summed E-state index contributed by atoms with van der Waals surface area (Å²) in [6.07, 6.45) is 3.45. The van der Waals surface area contributed by atoms with E-state index in [4.69, 9.17) is 4.98 Å². The Labute approximate surface area is 123 Å². The standard InChI is InChI=1S/C16H19FN2S/c1-3-18-13-5-4-6-14-15(13)19-16(20-14)11-7-10(2)8-12(17)9-11/h7-9,13,18H,3-6H2,1-2H3. The Morgan fingerprint density at radius 3 is 3.00 bits per heavy atom. The zero-order valence-electron chi connectivity index (χ0n) is 11.9. The first-order valence-electron chi connectivity index (χ1n) is 7.18. The quantitative estimate of drug-likeness (QED) is 0.914. The molecule has 0 amide bonds. The molecule has 20 heavy (non-hydrogen) atoms. The first kappa shape index (κ1) is 13.7. The predicted molar refractivity (Wildman–Crippen MR) is 81.6 cm³/mol. The number of aromatic nitrogens is 1. The number of aryl methyl sites for hydroxylation is 2. The Balaban J connectivity index is 2.00. The Morgan fingerprint density at radius 2 is 2.25 bits per heavy atom. The maximum absolute atomic E-state index is 13.6. The van der Waals surface area contributed by atoms with E-state index >= 15 is 0 Å². The van der Waals surface area contributed by atoms with Gasteiger partial charge in [-0.2, -0.15) is 0 Å². The van der Waals surface area contributed by atoms with Gasteiger partial charge in [0.25, 0.3) is 0 Å². The molecule has 1 atom stereocenters. The molecule has 0 bridgehead atoms. The molecule has 106 valence electrons. The molecule has 1 heterocycles. The number of benzene rings is 1. The lowest BCUT2D eigenvalue weighted by Crippen LogP contribution is -2.24. The molecule has 0 aliphatic heterocycles. The third-order valence-electron chi connectivity index (χ3n) is 3.69. The van der Waals surface area contributed by atoms with E-state index in [0.29, 0.717) is 6.04 Å². The van der Waals surface area contributed by atoms with Crippen molar-refractivity contribution in [3.05, 3.63) is 40.2 Å². The zero-order valence-corrected chi connectivity index (χ0v) is 12.7. The second-order valence-corrected chi connectivity index (χ2v) is 6.43. The van der Waals surface area contributed by atoms with E-state index in [1.54, 1.807) is 23.5 Å². The Morgan fingerprint density at radius 1 is 1.40 bits per heavy atom. The van der Waals surface area contributed by atoms with Crippen molar-refractivity contribution in [1.29, 1.82) is 0 Å². The molecule has 4 heteroatoms.